The molecule has 3 N–H and O–H groups in total. The molecule has 0 radical (unpaired) electrons. The molecule has 3 rings (SSSR count). The van der Waals surface area contributed by atoms with Crippen LogP contribution in [0, 0.1) is 5.82 Å². The quantitative estimate of drug-likeness (QED) is 0.645. The first-order chi connectivity index (χ1) is 9.95. The van der Waals surface area contributed by atoms with Crippen molar-refractivity contribution in [1.29, 1.82) is 0 Å². The van der Waals surface area contributed by atoms with E-state index in [1.54, 1.807) is 12.1 Å². The van der Waals surface area contributed by atoms with Gasteiger partial charge in [-0.1, -0.05) is 33.6 Å². The van der Waals surface area contributed by atoms with E-state index in [1.165, 1.54) is 12.1 Å². The molecule has 0 saturated heterocycles. The van der Waals surface area contributed by atoms with Crippen LogP contribution in [-0.2, 0) is 0 Å². The lowest BCUT2D eigenvalue weighted by Crippen LogP contribution is -2.02. The van der Waals surface area contributed by atoms with E-state index in [4.69, 9.17) is 11.6 Å². The third kappa shape index (κ3) is 2.62. The highest BCUT2D eigenvalue weighted by Gasteiger charge is 2.18. The molecule has 21 heavy (non-hydrogen) atoms. The number of H-pyrrole nitrogens is 2. The lowest BCUT2D eigenvalue weighted by atomic mass is 10.0. The molecule has 1 aromatic heterocycles. The molecule has 1 unspecified atom stereocenters. The third-order valence-electron chi connectivity index (χ3n) is 3.18. The fraction of sp³-hybridized carbons (Fsp3) is 0.0714. The van der Waals surface area contributed by atoms with Crippen molar-refractivity contribution in [2.24, 2.45) is 0 Å². The number of benzene rings is 2. The van der Waals surface area contributed by atoms with Crippen molar-refractivity contribution in [2.45, 2.75) is 6.10 Å². The average molecular weight is 372 g/mol. The molecule has 0 aliphatic heterocycles. The van der Waals surface area contributed by atoms with Crippen molar-refractivity contribution in [3.63, 3.8) is 0 Å². The fourth-order valence-corrected chi connectivity index (χ4v) is 3.00. The van der Waals surface area contributed by atoms with Crippen LogP contribution in [0.25, 0.3) is 11.0 Å². The van der Waals surface area contributed by atoms with Gasteiger partial charge >= 0.3 is 5.69 Å². The van der Waals surface area contributed by atoms with Crippen molar-refractivity contribution >= 4 is 38.6 Å². The number of nitrogens with one attached hydrogen (secondary N) is 2. The van der Waals surface area contributed by atoms with Crippen LogP contribution < -0.4 is 5.69 Å². The average Bonchev–Trinajstić information content (AvgIpc) is 2.76. The van der Waals surface area contributed by atoms with Gasteiger partial charge < -0.3 is 15.1 Å². The SMILES string of the molecule is O=c1[nH]c2cc(Br)c(C(O)c3ccc(F)cc3Cl)cc2[nH]1. The number of aliphatic hydroxyl groups is 1. The Balaban J connectivity index is 2.14. The molecule has 0 spiro atoms. The molecule has 1 atom stereocenters. The largest absolute Gasteiger partial charge is 0.384 e. The summed E-state index contributed by atoms with van der Waals surface area (Å²) < 4.78 is 13.7. The first kappa shape index (κ1) is 14.3. The zero-order chi connectivity index (χ0) is 15.1. The minimum atomic E-state index is -1.05. The molecular weight excluding hydrogens is 363 g/mol. The monoisotopic (exact) mass is 370 g/mol. The standard InChI is InChI=1S/C14H9BrClFN2O2/c15-9-5-12-11(18-14(21)19-12)4-8(9)13(20)7-2-1-6(17)3-10(7)16/h1-5,13,20H,(H2,18,19,21). The zero-order valence-corrected chi connectivity index (χ0v) is 12.8. The van der Waals surface area contributed by atoms with Gasteiger partial charge in [-0.25, -0.2) is 9.18 Å². The number of fused-ring (bicyclic) bond motifs is 1. The summed E-state index contributed by atoms with van der Waals surface area (Å²) in [7, 11) is 0. The first-order valence-electron chi connectivity index (χ1n) is 6.00. The van der Waals surface area contributed by atoms with Crippen LogP contribution in [-0.4, -0.2) is 15.1 Å². The third-order valence-corrected chi connectivity index (χ3v) is 4.20. The number of hydrogen-bond donors (Lipinski definition) is 3. The van der Waals surface area contributed by atoms with Gasteiger partial charge in [0.25, 0.3) is 0 Å². The number of aliphatic hydroxyl groups excluding tert-OH is 1. The molecule has 2 aromatic carbocycles. The maximum atomic E-state index is 13.1. The summed E-state index contributed by atoms with van der Waals surface area (Å²) in [5, 5.41) is 10.6. The van der Waals surface area contributed by atoms with Gasteiger partial charge in [0.2, 0.25) is 0 Å². The smallest absolute Gasteiger partial charge is 0.323 e. The molecule has 0 saturated carbocycles. The van der Waals surface area contributed by atoms with Crippen molar-refractivity contribution in [3.8, 4) is 0 Å². The second-order valence-electron chi connectivity index (χ2n) is 4.57. The summed E-state index contributed by atoms with van der Waals surface area (Å²) in [5.41, 5.74) is 1.76. The Bertz CT molecular complexity index is 890. The van der Waals surface area contributed by atoms with Crippen LogP contribution in [0.15, 0.2) is 39.6 Å². The number of aromatic amines is 2. The highest BCUT2D eigenvalue weighted by molar-refractivity contribution is 9.10. The van der Waals surface area contributed by atoms with Crippen LogP contribution >= 0.6 is 27.5 Å². The minimum absolute atomic E-state index is 0.136. The Morgan fingerprint density at radius 1 is 1.14 bits per heavy atom. The molecule has 0 aliphatic rings. The number of aromatic nitrogens is 2. The first-order valence-corrected chi connectivity index (χ1v) is 7.17. The topological polar surface area (TPSA) is 68.9 Å². The van der Waals surface area contributed by atoms with Gasteiger partial charge in [-0.3, -0.25) is 0 Å². The molecule has 0 fully saturated rings. The summed E-state index contributed by atoms with van der Waals surface area (Å²) in [4.78, 5) is 16.5. The lowest BCUT2D eigenvalue weighted by Gasteiger charge is -2.15. The van der Waals surface area contributed by atoms with E-state index >= 15 is 0 Å². The van der Waals surface area contributed by atoms with Crippen LogP contribution in [0.4, 0.5) is 4.39 Å². The Labute approximate surface area is 131 Å². The zero-order valence-electron chi connectivity index (χ0n) is 10.5. The van der Waals surface area contributed by atoms with E-state index in [2.05, 4.69) is 25.9 Å². The highest BCUT2D eigenvalue weighted by Crippen LogP contribution is 2.34. The van der Waals surface area contributed by atoms with E-state index in [9.17, 15) is 14.3 Å². The van der Waals surface area contributed by atoms with Crippen LogP contribution in [0.5, 0.6) is 0 Å². The van der Waals surface area contributed by atoms with Gasteiger partial charge in [0.15, 0.2) is 0 Å². The van der Waals surface area contributed by atoms with E-state index in [0.717, 1.165) is 6.07 Å². The van der Waals surface area contributed by atoms with Gasteiger partial charge in [0, 0.05) is 20.6 Å². The number of rotatable bonds is 2. The van der Waals surface area contributed by atoms with Gasteiger partial charge in [-0.05, 0) is 24.3 Å². The van der Waals surface area contributed by atoms with Crippen LogP contribution in [0.2, 0.25) is 5.02 Å². The maximum absolute atomic E-state index is 13.1. The molecular formula is C14H9BrClFN2O2. The Morgan fingerprint density at radius 3 is 2.48 bits per heavy atom. The van der Waals surface area contributed by atoms with E-state index in [1.807, 2.05) is 0 Å². The summed E-state index contributed by atoms with van der Waals surface area (Å²) in [6.45, 7) is 0. The van der Waals surface area contributed by atoms with Crippen LogP contribution in [0.1, 0.15) is 17.2 Å². The predicted octanol–water partition coefficient (Wildman–Crippen LogP) is 3.49. The fourth-order valence-electron chi connectivity index (χ4n) is 2.17. The van der Waals surface area contributed by atoms with E-state index in [-0.39, 0.29) is 10.7 Å². The molecule has 3 aromatic rings. The maximum Gasteiger partial charge on any atom is 0.323 e. The van der Waals surface area contributed by atoms with Gasteiger partial charge in [-0.15, -0.1) is 0 Å². The Kier molecular flexibility index (Phi) is 3.61. The predicted molar refractivity (Wildman–Crippen MR) is 82.1 cm³/mol. The van der Waals surface area contributed by atoms with E-state index < -0.39 is 11.9 Å². The number of imidazole rings is 1. The van der Waals surface area contributed by atoms with Crippen LogP contribution in [0.3, 0.4) is 0 Å². The van der Waals surface area contributed by atoms with Gasteiger partial charge in [0.05, 0.1) is 11.0 Å². The normalized spacial score (nSPS) is 12.8. The number of halogens is 3. The lowest BCUT2D eigenvalue weighted by molar-refractivity contribution is 0.219. The molecule has 7 heteroatoms. The highest BCUT2D eigenvalue weighted by atomic mass is 79.9. The summed E-state index contributed by atoms with van der Waals surface area (Å²) in [6, 6.07) is 7.13. The molecule has 1 heterocycles. The summed E-state index contributed by atoms with van der Waals surface area (Å²) >= 11 is 9.32. The molecule has 0 amide bonds. The summed E-state index contributed by atoms with van der Waals surface area (Å²) in [6.07, 6.45) is -1.05. The van der Waals surface area contributed by atoms with Crippen molar-refractivity contribution < 1.29 is 9.50 Å². The van der Waals surface area contributed by atoms with Gasteiger partial charge in [0.1, 0.15) is 11.9 Å². The van der Waals surface area contributed by atoms with Gasteiger partial charge in [-0.2, -0.15) is 0 Å². The number of hydrogen-bond acceptors (Lipinski definition) is 2. The van der Waals surface area contributed by atoms with Crippen molar-refractivity contribution in [2.75, 3.05) is 0 Å². The Hall–Kier alpha value is -1.63. The second-order valence-corrected chi connectivity index (χ2v) is 5.83. The molecule has 108 valence electrons. The van der Waals surface area contributed by atoms with E-state index in [0.29, 0.717) is 26.6 Å². The minimum Gasteiger partial charge on any atom is -0.384 e. The molecule has 0 bridgehead atoms. The van der Waals surface area contributed by atoms with Crippen molar-refractivity contribution in [1.82, 2.24) is 9.97 Å². The molecule has 4 nitrogen and oxygen atoms in total. The summed E-state index contributed by atoms with van der Waals surface area (Å²) in [5.74, 6) is -0.472. The second kappa shape index (κ2) is 5.29. The van der Waals surface area contributed by atoms with Crippen molar-refractivity contribution in [3.05, 3.63) is 67.3 Å². The molecule has 0 aliphatic carbocycles. The Morgan fingerprint density at radius 2 is 1.81 bits per heavy atom.